The minimum Gasteiger partial charge on any atom is -0.462 e. The van der Waals surface area contributed by atoms with Gasteiger partial charge in [0, 0.05) is 12.7 Å². The van der Waals surface area contributed by atoms with Gasteiger partial charge < -0.3 is 4.74 Å². The first-order valence-electron chi connectivity index (χ1n) is 9.55. The summed E-state index contributed by atoms with van der Waals surface area (Å²) >= 11 is 1.14. The predicted molar refractivity (Wildman–Crippen MR) is 113 cm³/mol. The number of amides is 1. The van der Waals surface area contributed by atoms with Gasteiger partial charge in [-0.05, 0) is 40.2 Å². The van der Waals surface area contributed by atoms with Gasteiger partial charge in [0.05, 0.1) is 35.5 Å². The molecule has 0 aliphatic carbocycles. The number of carbonyl (C=O) groups excluding carboxylic acids is 2. The molecule has 1 unspecified atom stereocenters. The summed E-state index contributed by atoms with van der Waals surface area (Å²) in [4.78, 5) is 36.2. The maximum Gasteiger partial charge on any atom is 0.350 e. The Morgan fingerprint density at radius 3 is 2.66 bits per heavy atom. The highest BCUT2D eigenvalue weighted by Gasteiger charge is 2.25. The minimum absolute atomic E-state index is 0.177. The van der Waals surface area contributed by atoms with Crippen LogP contribution >= 0.6 is 11.3 Å². The number of aromatic nitrogens is 4. The molecule has 0 radical (unpaired) electrons. The second-order valence-corrected chi connectivity index (χ2v) is 7.87. The summed E-state index contributed by atoms with van der Waals surface area (Å²) in [5.41, 5.74) is 2.49. The molecule has 0 N–H and O–H groups in total. The number of aryl methyl sites for hydroxylation is 2. The Labute approximate surface area is 173 Å². The van der Waals surface area contributed by atoms with Gasteiger partial charge in [-0.2, -0.15) is 5.10 Å². The van der Waals surface area contributed by atoms with Crippen LogP contribution in [0.2, 0.25) is 0 Å². The highest BCUT2D eigenvalue weighted by atomic mass is 32.1. The van der Waals surface area contributed by atoms with E-state index < -0.39 is 5.97 Å². The molecule has 0 spiro atoms. The van der Waals surface area contributed by atoms with Crippen molar-refractivity contribution in [2.75, 3.05) is 18.6 Å². The van der Waals surface area contributed by atoms with Crippen molar-refractivity contribution in [3.8, 4) is 0 Å². The van der Waals surface area contributed by atoms with Gasteiger partial charge in [-0.3, -0.25) is 9.69 Å². The van der Waals surface area contributed by atoms with E-state index in [1.165, 1.54) is 4.90 Å². The topological polar surface area (TPSA) is 90.2 Å². The van der Waals surface area contributed by atoms with E-state index in [2.05, 4.69) is 28.9 Å². The molecule has 3 aromatic rings. The molecule has 0 fully saturated rings. The Bertz CT molecular complexity index is 1070. The first-order valence-corrected chi connectivity index (χ1v) is 10.4. The second kappa shape index (κ2) is 8.28. The quantitative estimate of drug-likeness (QED) is 0.567. The number of fused-ring (bicyclic) bond motifs is 1. The van der Waals surface area contributed by atoms with Gasteiger partial charge in [-0.15, -0.1) is 0 Å². The van der Waals surface area contributed by atoms with Crippen LogP contribution in [-0.2, 0) is 4.74 Å². The van der Waals surface area contributed by atoms with Crippen molar-refractivity contribution in [2.24, 2.45) is 0 Å². The summed E-state index contributed by atoms with van der Waals surface area (Å²) in [7, 11) is 1.65. The zero-order valence-corrected chi connectivity index (χ0v) is 18.3. The van der Waals surface area contributed by atoms with Gasteiger partial charge in [-0.25, -0.2) is 19.4 Å². The van der Waals surface area contributed by atoms with E-state index in [1.54, 1.807) is 33.2 Å². The molecule has 3 rings (SSSR count). The highest BCUT2D eigenvalue weighted by molar-refractivity contribution is 7.17. The van der Waals surface area contributed by atoms with E-state index in [-0.39, 0.29) is 18.6 Å². The fourth-order valence-electron chi connectivity index (χ4n) is 2.99. The van der Waals surface area contributed by atoms with Gasteiger partial charge >= 0.3 is 5.97 Å². The number of thiazole rings is 1. The smallest absolute Gasteiger partial charge is 0.350 e. The third-order valence-electron chi connectivity index (χ3n) is 4.77. The third-order valence-corrected chi connectivity index (χ3v) is 5.99. The maximum atomic E-state index is 13.3. The van der Waals surface area contributed by atoms with Gasteiger partial charge in [0.25, 0.3) is 5.91 Å². The van der Waals surface area contributed by atoms with Crippen LogP contribution in [0, 0.1) is 13.8 Å². The van der Waals surface area contributed by atoms with Crippen LogP contribution in [0.5, 0.6) is 0 Å². The Hall–Kier alpha value is -2.81. The van der Waals surface area contributed by atoms with Crippen molar-refractivity contribution in [1.29, 1.82) is 0 Å². The number of esters is 1. The monoisotopic (exact) mass is 415 g/mol. The summed E-state index contributed by atoms with van der Waals surface area (Å²) in [6.45, 7) is 9.78. The van der Waals surface area contributed by atoms with Crippen LogP contribution in [0.1, 0.15) is 64.7 Å². The molecule has 29 heavy (non-hydrogen) atoms. The normalized spacial score (nSPS) is 12.2. The van der Waals surface area contributed by atoms with E-state index in [0.717, 1.165) is 23.5 Å². The summed E-state index contributed by atoms with van der Waals surface area (Å²) < 4.78 is 6.92. The number of anilines is 1. The molecule has 0 saturated heterocycles. The largest absolute Gasteiger partial charge is 0.462 e. The number of nitrogens with zero attached hydrogens (tertiary/aromatic N) is 5. The Morgan fingerprint density at radius 2 is 2.00 bits per heavy atom. The van der Waals surface area contributed by atoms with E-state index >= 15 is 0 Å². The molecule has 1 amide bonds. The van der Waals surface area contributed by atoms with Crippen molar-refractivity contribution >= 4 is 39.4 Å². The first kappa shape index (κ1) is 20.9. The Morgan fingerprint density at radius 1 is 1.28 bits per heavy atom. The van der Waals surface area contributed by atoms with Crippen molar-refractivity contribution in [3.63, 3.8) is 0 Å². The van der Waals surface area contributed by atoms with Crippen LogP contribution in [-0.4, -0.2) is 45.3 Å². The predicted octanol–water partition coefficient (Wildman–Crippen LogP) is 3.93. The first-order chi connectivity index (χ1) is 13.8. The van der Waals surface area contributed by atoms with E-state index in [1.807, 2.05) is 11.6 Å². The molecular weight excluding hydrogens is 390 g/mol. The van der Waals surface area contributed by atoms with Crippen LogP contribution in [0.4, 0.5) is 5.13 Å². The molecule has 0 aliphatic heterocycles. The van der Waals surface area contributed by atoms with Crippen molar-refractivity contribution < 1.29 is 14.3 Å². The van der Waals surface area contributed by atoms with Crippen molar-refractivity contribution in [1.82, 2.24) is 19.7 Å². The lowest BCUT2D eigenvalue weighted by molar-refractivity contribution is 0.0531. The summed E-state index contributed by atoms with van der Waals surface area (Å²) in [5.74, 6) is -0.653. The Balaban J connectivity index is 2.00. The van der Waals surface area contributed by atoms with Gasteiger partial charge in [0.2, 0.25) is 0 Å². The average Bonchev–Trinajstić information content (AvgIpc) is 3.29. The van der Waals surface area contributed by atoms with Crippen LogP contribution in [0.15, 0.2) is 12.3 Å². The maximum absolute atomic E-state index is 13.3. The number of pyridine rings is 1. The lowest BCUT2D eigenvalue weighted by Crippen LogP contribution is -2.26. The third kappa shape index (κ3) is 3.87. The Kier molecular flexibility index (Phi) is 5.97. The van der Waals surface area contributed by atoms with Crippen molar-refractivity contribution in [2.45, 2.75) is 47.1 Å². The zero-order chi connectivity index (χ0) is 21.3. The van der Waals surface area contributed by atoms with Gasteiger partial charge in [0.15, 0.2) is 10.8 Å². The minimum atomic E-state index is -0.424. The van der Waals surface area contributed by atoms with Gasteiger partial charge in [0.1, 0.15) is 4.88 Å². The second-order valence-electron chi connectivity index (χ2n) is 6.89. The fourth-order valence-corrected chi connectivity index (χ4v) is 3.92. The molecule has 0 aliphatic rings. The standard InChI is InChI=1S/C20H25N5O3S/c1-7-12(4)25-17-15(10-21-25)14(9-11(3)22-17)18(26)24(6)20-23-13(5)16(29-20)19(27)28-8-2/h9-10,12H,7-8H2,1-6H3. The lowest BCUT2D eigenvalue weighted by atomic mass is 10.1. The number of hydrogen-bond donors (Lipinski definition) is 0. The molecule has 8 nitrogen and oxygen atoms in total. The molecule has 3 aromatic heterocycles. The molecule has 9 heteroatoms. The van der Waals surface area contributed by atoms with Crippen LogP contribution < -0.4 is 4.90 Å². The van der Waals surface area contributed by atoms with Crippen LogP contribution in [0.3, 0.4) is 0 Å². The summed E-state index contributed by atoms with van der Waals surface area (Å²) in [5, 5.41) is 5.59. The van der Waals surface area contributed by atoms with E-state index in [4.69, 9.17) is 4.74 Å². The molecular formula is C20H25N5O3S. The number of carbonyl (C=O) groups is 2. The van der Waals surface area contributed by atoms with Crippen molar-refractivity contribution in [3.05, 3.63) is 34.1 Å². The summed E-state index contributed by atoms with van der Waals surface area (Å²) in [6, 6.07) is 1.94. The SMILES string of the molecule is CCOC(=O)c1sc(N(C)C(=O)c2cc(C)nc3c2cnn3C(C)CC)nc1C. The molecule has 1 atom stereocenters. The number of hydrogen-bond acceptors (Lipinski definition) is 7. The summed E-state index contributed by atoms with van der Waals surface area (Å²) in [6.07, 6.45) is 2.59. The number of ether oxygens (including phenoxy) is 1. The molecule has 154 valence electrons. The number of rotatable bonds is 6. The van der Waals surface area contributed by atoms with E-state index in [0.29, 0.717) is 32.3 Å². The zero-order valence-electron chi connectivity index (χ0n) is 17.5. The van der Waals surface area contributed by atoms with Crippen LogP contribution in [0.25, 0.3) is 11.0 Å². The highest BCUT2D eigenvalue weighted by Crippen LogP contribution is 2.29. The molecule has 0 aromatic carbocycles. The molecule has 0 bridgehead atoms. The molecule has 3 heterocycles. The van der Waals surface area contributed by atoms with Gasteiger partial charge in [-0.1, -0.05) is 18.3 Å². The molecule has 0 saturated carbocycles. The lowest BCUT2D eigenvalue weighted by Gasteiger charge is -2.15. The fraction of sp³-hybridized carbons (Fsp3) is 0.450. The van der Waals surface area contributed by atoms with E-state index in [9.17, 15) is 9.59 Å². The average molecular weight is 416 g/mol.